The number of hydrogen-bond acceptors (Lipinski definition) is 6. The highest BCUT2D eigenvalue weighted by molar-refractivity contribution is 7.91. The fraction of sp³-hybridized carbons (Fsp3) is 0.667. The van der Waals surface area contributed by atoms with Crippen LogP contribution in [-0.4, -0.2) is 97.3 Å². The predicted molar refractivity (Wildman–Crippen MR) is 129 cm³/mol. The Balaban J connectivity index is 1.59. The Morgan fingerprint density at radius 3 is 2.24 bits per heavy atom. The first kappa shape index (κ1) is 25.6. The van der Waals surface area contributed by atoms with E-state index in [9.17, 15) is 18.0 Å². The van der Waals surface area contributed by atoms with Gasteiger partial charge in [0.25, 0.3) is 0 Å². The van der Waals surface area contributed by atoms with Gasteiger partial charge in [-0.05, 0) is 52.3 Å². The third-order valence-electron chi connectivity index (χ3n) is 6.09. The van der Waals surface area contributed by atoms with Crippen LogP contribution in [0.2, 0.25) is 0 Å². The molecule has 2 aliphatic rings. The Kier molecular flexibility index (Phi) is 8.53. The van der Waals surface area contributed by atoms with Crippen LogP contribution in [0.5, 0.6) is 0 Å². The molecule has 8 nitrogen and oxygen atoms in total. The molecule has 1 atom stereocenters. The Morgan fingerprint density at radius 2 is 1.67 bits per heavy atom. The third kappa shape index (κ3) is 8.39. The highest BCUT2D eigenvalue weighted by Crippen LogP contribution is 2.21. The second kappa shape index (κ2) is 11.0. The van der Waals surface area contributed by atoms with Crippen molar-refractivity contribution in [1.29, 1.82) is 0 Å². The number of sulfone groups is 1. The third-order valence-corrected chi connectivity index (χ3v) is 7.84. The lowest BCUT2D eigenvalue weighted by Gasteiger charge is -2.31. The summed E-state index contributed by atoms with van der Waals surface area (Å²) in [5.74, 6) is 0.178. The molecular weight excluding hydrogens is 440 g/mol. The van der Waals surface area contributed by atoms with Crippen molar-refractivity contribution in [3.63, 3.8) is 0 Å². The number of benzene rings is 1. The van der Waals surface area contributed by atoms with Crippen molar-refractivity contribution in [3.05, 3.63) is 35.9 Å². The predicted octanol–water partition coefficient (Wildman–Crippen LogP) is 1.12. The maximum atomic E-state index is 13.4. The van der Waals surface area contributed by atoms with E-state index in [1.165, 1.54) is 0 Å². The summed E-state index contributed by atoms with van der Waals surface area (Å²) in [6, 6.07) is 9.46. The monoisotopic (exact) mass is 478 g/mol. The van der Waals surface area contributed by atoms with E-state index >= 15 is 0 Å². The Bertz CT molecular complexity index is 914. The molecule has 1 aromatic rings. The summed E-state index contributed by atoms with van der Waals surface area (Å²) in [6.45, 7) is 9.99. The Hall–Kier alpha value is -1.97. The minimum Gasteiger partial charge on any atom is -0.350 e. The summed E-state index contributed by atoms with van der Waals surface area (Å²) in [5.41, 5.74) is 0.749. The van der Waals surface area contributed by atoms with E-state index in [0.29, 0.717) is 26.1 Å². The number of rotatable bonds is 7. The summed E-state index contributed by atoms with van der Waals surface area (Å²) in [4.78, 5) is 31.7. The van der Waals surface area contributed by atoms with Crippen LogP contribution in [0.15, 0.2) is 30.3 Å². The first-order valence-corrected chi connectivity index (χ1v) is 13.6. The maximum absolute atomic E-state index is 13.4. The largest absolute Gasteiger partial charge is 0.350 e. The van der Waals surface area contributed by atoms with Crippen LogP contribution in [0.1, 0.15) is 39.2 Å². The average molecular weight is 479 g/mol. The number of nitrogens with zero attached hydrogens (tertiary/aromatic N) is 3. The van der Waals surface area contributed by atoms with E-state index in [0.717, 1.165) is 31.6 Å². The van der Waals surface area contributed by atoms with Crippen LogP contribution in [0, 0.1) is 0 Å². The van der Waals surface area contributed by atoms with E-state index < -0.39 is 9.84 Å². The summed E-state index contributed by atoms with van der Waals surface area (Å²) in [7, 11) is -3.09. The summed E-state index contributed by atoms with van der Waals surface area (Å²) in [6.07, 6.45) is 1.38. The number of hydrogen-bond donors (Lipinski definition) is 1. The quantitative estimate of drug-likeness (QED) is 0.632. The van der Waals surface area contributed by atoms with Gasteiger partial charge in [-0.2, -0.15) is 0 Å². The molecule has 0 aliphatic carbocycles. The molecule has 0 unspecified atom stereocenters. The van der Waals surface area contributed by atoms with E-state index in [1.54, 1.807) is 4.90 Å². The van der Waals surface area contributed by atoms with Crippen molar-refractivity contribution < 1.29 is 18.0 Å². The topological polar surface area (TPSA) is 90.0 Å². The maximum Gasteiger partial charge on any atom is 0.237 e. The molecule has 184 valence electrons. The van der Waals surface area contributed by atoms with Crippen molar-refractivity contribution in [1.82, 2.24) is 20.0 Å². The molecule has 1 aromatic carbocycles. The van der Waals surface area contributed by atoms with E-state index in [2.05, 4.69) is 15.1 Å². The van der Waals surface area contributed by atoms with Gasteiger partial charge in [0.2, 0.25) is 11.8 Å². The SMILES string of the molecule is CC(C)(C)NC(=O)CN1CCCN(CC(=O)N(Cc2ccccc2)[C@@H]2CCS(=O)(=O)C2)CC1. The normalized spacial score (nSPS) is 22.0. The minimum absolute atomic E-state index is 0.0171. The van der Waals surface area contributed by atoms with E-state index in [1.807, 2.05) is 51.1 Å². The van der Waals surface area contributed by atoms with Gasteiger partial charge in [0, 0.05) is 31.2 Å². The van der Waals surface area contributed by atoms with Crippen LogP contribution in [-0.2, 0) is 26.0 Å². The second-order valence-electron chi connectivity index (χ2n) is 10.3. The lowest BCUT2D eigenvalue weighted by atomic mass is 10.1. The molecule has 33 heavy (non-hydrogen) atoms. The Labute approximate surface area is 198 Å². The molecular formula is C24H38N4O4S. The van der Waals surface area contributed by atoms with E-state index in [-0.39, 0.29) is 41.4 Å². The van der Waals surface area contributed by atoms with Crippen LogP contribution in [0.3, 0.4) is 0 Å². The second-order valence-corrected chi connectivity index (χ2v) is 12.5. The number of nitrogens with one attached hydrogen (secondary N) is 1. The molecule has 2 fully saturated rings. The lowest BCUT2D eigenvalue weighted by Crippen LogP contribution is -2.47. The number of amides is 2. The van der Waals surface area contributed by atoms with Crippen molar-refractivity contribution >= 4 is 21.7 Å². The number of carbonyl (C=O) groups excluding carboxylic acids is 2. The average Bonchev–Trinajstić information content (AvgIpc) is 2.93. The molecule has 1 N–H and O–H groups in total. The van der Waals surface area contributed by atoms with Gasteiger partial charge in [-0.1, -0.05) is 30.3 Å². The zero-order valence-corrected chi connectivity index (χ0v) is 20.9. The van der Waals surface area contributed by atoms with Gasteiger partial charge >= 0.3 is 0 Å². The smallest absolute Gasteiger partial charge is 0.237 e. The highest BCUT2D eigenvalue weighted by atomic mass is 32.2. The van der Waals surface area contributed by atoms with Crippen LogP contribution >= 0.6 is 0 Å². The lowest BCUT2D eigenvalue weighted by molar-refractivity contribution is -0.135. The van der Waals surface area contributed by atoms with Crippen LogP contribution < -0.4 is 5.32 Å². The Morgan fingerprint density at radius 1 is 1.03 bits per heavy atom. The van der Waals surface area contributed by atoms with Crippen molar-refractivity contribution in [2.75, 3.05) is 50.8 Å². The van der Waals surface area contributed by atoms with Gasteiger partial charge in [0.1, 0.15) is 0 Å². The molecule has 2 heterocycles. The van der Waals surface area contributed by atoms with Gasteiger partial charge in [-0.25, -0.2) is 8.42 Å². The van der Waals surface area contributed by atoms with Crippen molar-refractivity contribution in [2.45, 2.75) is 51.7 Å². The van der Waals surface area contributed by atoms with Crippen molar-refractivity contribution in [2.24, 2.45) is 0 Å². The summed E-state index contributed by atoms with van der Waals surface area (Å²) >= 11 is 0. The molecule has 2 saturated heterocycles. The van der Waals surface area contributed by atoms with Crippen molar-refractivity contribution in [3.8, 4) is 0 Å². The zero-order chi connectivity index (χ0) is 24.1. The molecule has 9 heteroatoms. The molecule has 2 amide bonds. The van der Waals surface area contributed by atoms with Crippen LogP contribution in [0.25, 0.3) is 0 Å². The van der Waals surface area contributed by atoms with Gasteiger partial charge in [-0.3, -0.25) is 19.4 Å². The minimum atomic E-state index is -3.09. The summed E-state index contributed by atoms with van der Waals surface area (Å²) < 4.78 is 24.2. The van der Waals surface area contributed by atoms with Gasteiger partial charge < -0.3 is 10.2 Å². The molecule has 0 spiro atoms. The molecule has 0 saturated carbocycles. The summed E-state index contributed by atoms with van der Waals surface area (Å²) in [5, 5.41) is 3.00. The highest BCUT2D eigenvalue weighted by Gasteiger charge is 2.35. The van der Waals surface area contributed by atoms with Gasteiger partial charge in [0.05, 0.1) is 24.6 Å². The molecule has 2 aliphatic heterocycles. The molecule has 0 aromatic heterocycles. The fourth-order valence-corrected chi connectivity index (χ4v) is 6.24. The first-order chi connectivity index (χ1) is 15.5. The molecule has 0 radical (unpaired) electrons. The fourth-order valence-electron chi connectivity index (χ4n) is 4.51. The standard InChI is InChI=1S/C24H38N4O4S/c1-24(2,3)25-22(29)17-26-11-7-12-27(14-13-26)18-23(30)28(16-20-8-5-4-6-9-20)21-10-15-33(31,32)19-21/h4-6,8-9,21H,7,10-19H2,1-3H3,(H,25,29)/t21-/m1/s1. The molecule has 3 rings (SSSR count). The molecule has 0 bridgehead atoms. The zero-order valence-electron chi connectivity index (χ0n) is 20.1. The van der Waals surface area contributed by atoms with E-state index in [4.69, 9.17) is 0 Å². The van der Waals surface area contributed by atoms with Crippen LogP contribution in [0.4, 0.5) is 0 Å². The first-order valence-electron chi connectivity index (χ1n) is 11.8. The van der Waals surface area contributed by atoms with Gasteiger partial charge in [0.15, 0.2) is 9.84 Å². The number of carbonyl (C=O) groups is 2. The van der Waals surface area contributed by atoms with Gasteiger partial charge in [-0.15, -0.1) is 0 Å².